The first-order valence-electron chi connectivity index (χ1n) is 7.02. The van der Waals surface area contributed by atoms with Gasteiger partial charge in [0.05, 0.1) is 18.0 Å². The van der Waals surface area contributed by atoms with Gasteiger partial charge in [-0.25, -0.2) is 0 Å². The maximum Gasteiger partial charge on any atom is 0.134 e. The van der Waals surface area contributed by atoms with Crippen molar-refractivity contribution in [3.05, 3.63) is 58.5 Å². The Morgan fingerprint density at radius 3 is 3.00 bits per heavy atom. The summed E-state index contributed by atoms with van der Waals surface area (Å²) in [4.78, 5) is 5.43. The predicted octanol–water partition coefficient (Wildman–Crippen LogP) is 4.00. The second-order valence-corrected chi connectivity index (χ2v) is 5.74. The van der Waals surface area contributed by atoms with Gasteiger partial charge in [0.2, 0.25) is 0 Å². The van der Waals surface area contributed by atoms with Gasteiger partial charge in [0.15, 0.2) is 0 Å². The van der Waals surface area contributed by atoms with Crippen LogP contribution in [0.2, 0.25) is 0 Å². The normalized spacial score (nSPS) is 12.5. The number of ether oxygens (including phenoxy) is 1. The van der Waals surface area contributed by atoms with Crippen molar-refractivity contribution < 1.29 is 4.74 Å². The molecule has 0 radical (unpaired) electrons. The van der Waals surface area contributed by atoms with Crippen molar-refractivity contribution >= 4 is 22.1 Å². The lowest BCUT2D eigenvalue weighted by molar-refractivity contribution is 0.408. The monoisotopic (exact) mass is 298 g/mol. The molecule has 1 N–H and O–H groups in total. The van der Waals surface area contributed by atoms with Crippen LogP contribution in [0, 0.1) is 0 Å². The minimum Gasteiger partial charge on any atom is -0.496 e. The molecule has 4 heteroatoms. The zero-order valence-corrected chi connectivity index (χ0v) is 13.0. The van der Waals surface area contributed by atoms with Gasteiger partial charge in [-0.1, -0.05) is 25.1 Å². The summed E-state index contributed by atoms with van der Waals surface area (Å²) in [6, 6.07) is 10.6. The first kappa shape index (κ1) is 14.0. The first-order chi connectivity index (χ1) is 10.3. The molecular formula is C17H18N2OS. The molecule has 0 spiro atoms. The Hall–Kier alpha value is -1.91. The number of pyridine rings is 1. The first-order valence-corrected chi connectivity index (χ1v) is 7.90. The van der Waals surface area contributed by atoms with Crippen molar-refractivity contribution in [3.63, 3.8) is 0 Å². The van der Waals surface area contributed by atoms with Gasteiger partial charge >= 0.3 is 0 Å². The summed E-state index contributed by atoms with van der Waals surface area (Å²) in [5.74, 6) is 0.942. The molecule has 1 unspecified atom stereocenters. The maximum atomic E-state index is 5.50. The van der Waals surface area contributed by atoms with Gasteiger partial charge in [-0.3, -0.25) is 4.98 Å². The molecule has 0 bridgehead atoms. The number of nitrogens with zero attached hydrogens (tertiary/aromatic N) is 1. The predicted molar refractivity (Wildman–Crippen MR) is 88.1 cm³/mol. The molecule has 1 atom stereocenters. The summed E-state index contributed by atoms with van der Waals surface area (Å²) in [5, 5.41) is 8.04. The fourth-order valence-electron chi connectivity index (χ4n) is 2.64. The third kappa shape index (κ3) is 2.64. The van der Waals surface area contributed by atoms with Crippen molar-refractivity contribution in [2.45, 2.75) is 13.0 Å². The fourth-order valence-corrected chi connectivity index (χ4v) is 3.59. The van der Waals surface area contributed by atoms with Crippen LogP contribution in [-0.4, -0.2) is 18.6 Å². The van der Waals surface area contributed by atoms with E-state index in [9.17, 15) is 0 Å². The summed E-state index contributed by atoms with van der Waals surface area (Å²) in [6.07, 6.45) is 3.76. The van der Waals surface area contributed by atoms with Crippen LogP contribution < -0.4 is 10.1 Å². The lowest BCUT2D eigenvalue weighted by atomic mass is 9.98. The standard InChI is InChI=1S/C17H18N2OS/c1-3-19-16(17-15(20-2)8-10-21-17)14-6-4-5-12-11-18-9-7-13(12)14/h4-11,16,19H,3H2,1-2H3. The minimum atomic E-state index is 0.135. The molecule has 0 aliphatic carbocycles. The fraction of sp³-hybridized carbons (Fsp3) is 0.235. The van der Waals surface area contributed by atoms with Crippen LogP contribution in [0.5, 0.6) is 5.75 Å². The van der Waals surface area contributed by atoms with Crippen molar-refractivity contribution in [3.8, 4) is 5.75 Å². The molecular weight excluding hydrogens is 280 g/mol. The Morgan fingerprint density at radius 1 is 1.29 bits per heavy atom. The topological polar surface area (TPSA) is 34.1 Å². The summed E-state index contributed by atoms with van der Waals surface area (Å²) >= 11 is 1.72. The molecule has 3 aromatic rings. The molecule has 108 valence electrons. The highest BCUT2D eigenvalue weighted by Crippen LogP contribution is 2.37. The SMILES string of the molecule is CCNC(c1sccc1OC)c1cccc2cnccc12. The van der Waals surface area contributed by atoms with Crippen LogP contribution in [0.1, 0.15) is 23.4 Å². The Kier molecular flexibility index (Phi) is 4.18. The average molecular weight is 298 g/mol. The molecule has 21 heavy (non-hydrogen) atoms. The van der Waals surface area contributed by atoms with E-state index < -0.39 is 0 Å². The molecule has 0 amide bonds. The lowest BCUT2D eigenvalue weighted by Gasteiger charge is -2.20. The molecule has 3 rings (SSSR count). The number of hydrogen-bond donors (Lipinski definition) is 1. The second-order valence-electron chi connectivity index (χ2n) is 4.79. The number of fused-ring (bicyclic) bond motifs is 1. The third-order valence-corrected chi connectivity index (χ3v) is 4.54. The van der Waals surface area contributed by atoms with Crippen LogP contribution in [0.3, 0.4) is 0 Å². The maximum absolute atomic E-state index is 5.50. The largest absolute Gasteiger partial charge is 0.496 e. The Balaban J connectivity index is 2.16. The zero-order chi connectivity index (χ0) is 14.7. The zero-order valence-electron chi connectivity index (χ0n) is 12.2. The van der Waals surface area contributed by atoms with E-state index in [-0.39, 0.29) is 6.04 Å². The van der Waals surface area contributed by atoms with E-state index in [2.05, 4.69) is 46.9 Å². The number of thiophene rings is 1. The van der Waals surface area contributed by atoms with Gasteiger partial charge < -0.3 is 10.1 Å². The van der Waals surface area contributed by atoms with Gasteiger partial charge in [-0.15, -0.1) is 11.3 Å². The summed E-state index contributed by atoms with van der Waals surface area (Å²) in [6.45, 7) is 3.02. The van der Waals surface area contributed by atoms with Crippen LogP contribution in [0.25, 0.3) is 10.8 Å². The average Bonchev–Trinajstić information content (AvgIpc) is 3.00. The van der Waals surface area contributed by atoms with Crippen molar-refractivity contribution in [1.29, 1.82) is 0 Å². The molecule has 1 aromatic carbocycles. The van der Waals surface area contributed by atoms with Crippen LogP contribution in [0.4, 0.5) is 0 Å². The summed E-state index contributed by atoms with van der Waals surface area (Å²) in [7, 11) is 1.72. The quantitative estimate of drug-likeness (QED) is 0.773. The Labute approximate surface area is 128 Å². The van der Waals surface area contributed by atoms with E-state index in [4.69, 9.17) is 4.74 Å². The smallest absolute Gasteiger partial charge is 0.134 e. The Bertz CT molecular complexity index is 733. The minimum absolute atomic E-state index is 0.135. The number of nitrogens with one attached hydrogen (secondary N) is 1. The van der Waals surface area contributed by atoms with E-state index in [0.29, 0.717) is 0 Å². The van der Waals surface area contributed by atoms with Gasteiger partial charge in [-0.2, -0.15) is 0 Å². The van der Waals surface area contributed by atoms with Gasteiger partial charge in [-0.05, 0) is 35.0 Å². The van der Waals surface area contributed by atoms with Gasteiger partial charge in [0, 0.05) is 17.8 Å². The second kappa shape index (κ2) is 6.24. The molecule has 0 saturated carbocycles. The number of rotatable bonds is 5. The van der Waals surface area contributed by atoms with E-state index in [0.717, 1.165) is 17.7 Å². The molecule has 3 nitrogen and oxygen atoms in total. The molecule has 0 aliphatic rings. The third-order valence-electron chi connectivity index (χ3n) is 3.57. The molecule has 0 fully saturated rings. The Morgan fingerprint density at radius 2 is 2.19 bits per heavy atom. The number of aromatic nitrogens is 1. The highest BCUT2D eigenvalue weighted by Gasteiger charge is 2.20. The van der Waals surface area contributed by atoms with Gasteiger partial charge in [0.1, 0.15) is 5.75 Å². The molecule has 0 saturated heterocycles. The van der Waals surface area contributed by atoms with Crippen LogP contribution in [-0.2, 0) is 0 Å². The van der Waals surface area contributed by atoms with Crippen molar-refractivity contribution in [2.24, 2.45) is 0 Å². The number of benzene rings is 1. The summed E-state index contributed by atoms with van der Waals surface area (Å²) in [5.41, 5.74) is 1.26. The highest BCUT2D eigenvalue weighted by atomic mass is 32.1. The highest BCUT2D eigenvalue weighted by molar-refractivity contribution is 7.10. The van der Waals surface area contributed by atoms with E-state index >= 15 is 0 Å². The molecule has 0 aliphatic heterocycles. The van der Waals surface area contributed by atoms with E-state index in [1.165, 1.54) is 15.8 Å². The van der Waals surface area contributed by atoms with Crippen molar-refractivity contribution in [1.82, 2.24) is 10.3 Å². The van der Waals surface area contributed by atoms with Gasteiger partial charge in [0.25, 0.3) is 0 Å². The van der Waals surface area contributed by atoms with Crippen LogP contribution >= 0.6 is 11.3 Å². The molecule has 2 heterocycles. The summed E-state index contributed by atoms with van der Waals surface area (Å²) < 4.78 is 5.50. The number of methoxy groups -OCH3 is 1. The lowest BCUT2D eigenvalue weighted by Crippen LogP contribution is -2.21. The van der Waals surface area contributed by atoms with Crippen LogP contribution in [0.15, 0.2) is 48.1 Å². The van der Waals surface area contributed by atoms with E-state index in [1.807, 2.05) is 18.5 Å². The number of hydrogen-bond acceptors (Lipinski definition) is 4. The van der Waals surface area contributed by atoms with Crippen molar-refractivity contribution in [2.75, 3.05) is 13.7 Å². The van der Waals surface area contributed by atoms with E-state index in [1.54, 1.807) is 18.4 Å². The molecule has 2 aromatic heterocycles.